The van der Waals surface area contributed by atoms with Gasteiger partial charge in [0.2, 0.25) is 0 Å². The van der Waals surface area contributed by atoms with Gasteiger partial charge < -0.3 is 9.47 Å². The predicted molar refractivity (Wildman–Crippen MR) is 66.9 cm³/mol. The maximum Gasteiger partial charge on any atom is 0.323 e. The number of rotatable bonds is 3. The van der Waals surface area contributed by atoms with Crippen molar-refractivity contribution in [1.29, 1.82) is 0 Å². The number of hydrogen-bond acceptors (Lipinski definition) is 4. The molecule has 0 bridgehead atoms. The highest BCUT2D eigenvalue weighted by molar-refractivity contribution is 5.75. The highest BCUT2D eigenvalue weighted by Gasteiger charge is 2.29. The second-order valence-electron chi connectivity index (χ2n) is 5.68. The summed E-state index contributed by atoms with van der Waals surface area (Å²) in [7, 11) is 1.75. The minimum Gasteiger partial charge on any atom is -0.459 e. The van der Waals surface area contributed by atoms with Crippen LogP contribution in [0.15, 0.2) is 0 Å². The second-order valence-corrected chi connectivity index (χ2v) is 5.68. The lowest BCUT2D eigenvalue weighted by molar-refractivity contribution is -0.161. The number of carbonyl (C=O) groups excluding carboxylic acids is 1. The number of esters is 1. The Bertz CT molecular complexity index is 252. The molecule has 1 saturated heterocycles. The molecule has 1 rings (SSSR count). The molecular weight excluding hydrogens is 218 g/mol. The summed E-state index contributed by atoms with van der Waals surface area (Å²) < 4.78 is 10.7. The van der Waals surface area contributed by atoms with Gasteiger partial charge in [0, 0.05) is 20.2 Å². The second kappa shape index (κ2) is 5.83. The Kier molecular flexibility index (Phi) is 4.95. The summed E-state index contributed by atoms with van der Waals surface area (Å²) in [6, 6.07) is -0.160. The van der Waals surface area contributed by atoms with E-state index in [0.717, 1.165) is 25.9 Å². The van der Waals surface area contributed by atoms with Crippen molar-refractivity contribution in [2.45, 2.75) is 58.3 Å². The van der Waals surface area contributed by atoms with Crippen molar-refractivity contribution in [3.63, 3.8) is 0 Å². The average Bonchev–Trinajstić information content (AvgIpc) is 2.26. The summed E-state index contributed by atoms with van der Waals surface area (Å²) in [5.74, 6) is -0.131. The highest BCUT2D eigenvalue weighted by Crippen LogP contribution is 2.17. The lowest BCUT2D eigenvalue weighted by Crippen LogP contribution is -2.47. The van der Waals surface area contributed by atoms with Crippen LogP contribution in [0, 0.1) is 0 Å². The number of nitrogens with zero attached hydrogens (tertiary/aromatic N) is 1. The standard InChI is InChI=1S/C13H25NO3/c1-10(12(15)17-13(2,3)4)14-8-6-11(16-5)7-9-14/h10-11H,6-9H2,1-5H3. The van der Waals surface area contributed by atoms with E-state index in [-0.39, 0.29) is 12.0 Å². The summed E-state index contributed by atoms with van der Waals surface area (Å²) in [5.41, 5.74) is -0.407. The third kappa shape index (κ3) is 4.64. The molecule has 0 aliphatic carbocycles. The van der Waals surface area contributed by atoms with Gasteiger partial charge in [0.05, 0.1) is 6.10 Å². The number of piperidine rings is 1. The lowest BCUT2D eigenvalue weighted by Gasteiger charge is -2.35. The van der Waals surface area contributed by atoms with Crippen molar-refractivity contribution < 1.29 is 14.3 Å². The SMILES string of the molecule is COC1CCN(C(C)C(=O)OC(C)(C)C)CC1. The number of methoxy groups -OCH3 is 1. The quantitative estimate of drug-likeness (QED) is 0.709. The minimum absolute atomic E-state index is 0.131. The van der Waals surface area contributed by atoms with E-state index >= 15 is 0 Å². The van der Waals surface area contributed by atoms with Crippen molar-refractivity contribution in [3.8, 4) is 0 Å². The van der Waals surface area contributed by atoms with Crippen molar-refractivity contribution in [2.75, 3.05) is 20.2 Å². The van der Waals surface area contributed by atoms with Crippen molar-refractivity contribution in [2.24, 2.45) is 0 Å². The summed E-state index contributed by atoms with van der Waals surface area (Å²) in [6.07, 6.45) is 2.32. The zero-order valence-corrected chi connectivity index (χ0v) is 11.7. The van der Waals surface area contributed by atoms with Gasteiger partial charge in [0.15, 0.2) is 0 Å². The zero-order chi connectivity index (χ0) is 13.1. The van der Waals surface area contributed by atoms with Crippen LogP contribution in [0.1, 0.15) is 40.5 Å². The van der Waals surface area contributed by atoms with Crippen molar-refractivity contribution in [1.82, 2.24) is 4.90 Å². The fourth-order valence-corrected chi connectivity index (χ4v) is 2.03. The van der Waals surface area contributed by atoms with Crippen molar-refractivity contribution in [3.05, 3.63) is 0 Å². The Morgan fingerprint density at radius 3 is 2.24 bits per heavy atom. The topological polar surface area (TPSA) is 38.8 Å². The normalized spacial score (nSPS) is 21.2. The number of hydrogen-bond donors (Lipinski definition) is 0. The first-order valence-electron chi connectivity index (χ1n) is 6.33. The van der Waals surface area contributed by atoms with E-state index in [1.54, 1.807) is 7.11 Å². The molecule has 0 radical (unpaired) electrons. The first-order chi connectivity index (χ1) is 7.83. The van der Waals surface area contributed by atoms with Gasteiger partial charge in [-0.15, -0.1) is 0 Å². The molecule has 1 unspecified atom stereocenters. The van der Waals surface area contributed by atoms with E-state index in [4.69, 9.17) is 9.47 Å². The molecule has 0 aromatic rings. The van der Waals surface area contributed by atoms with Crippen molar-refractivity contribution >= 4 is 5.97 Å². The number of ether oxygens (including phenoxy) is 2. The predicted octanol–water partition coefficient (Wildman–Crippen LogP) is 1.83. The molecule has 0 aromatic carbocycles. The summed E-state index contributed by atoms with van der Waals surface area (Å²) in [4.78, 5) is 14.1. The smallest absolute Gasteiger partial charge is 0.323 e. The molecule has 1 fully saturated rings. The largest absolute Gasteiger partial charge is 0.459 e. The van der Waals surface area contributed by atoms with Gasteiger partial charge in [-0.05, 0) is 40.5 Å². The van der Waals surface area contributed by atoms with Gasteiger partial charge >= 0.3 is 5.97 Å². The molecule has 4 heteroatoms. The molecular formula is C13H25NO3. The highest BCUT2D eigenvalue weighted by atomic mass is 16.6. The molecule has 4 nitrogen and oxygen atoms in total. The van der Waals surface area contributed by atoms with E-state index in [0.29, 0.717) is 6.10 Å². The van der Waals surface area contributed by atoms with E-state index in [9.17, 15) is 4.79 Å². The van der Waals surface area contributed by atoms with Crippen LogP contribution in [0.2, 0.25) is 0 Å². The van der Waals surface area contributed by atoms with Crippen LogP contribution in [0.3, 0.4) is 0 Å². The molecule has 1 heterocycles. The molecule has 100 valence electrons. The lowest BCUT2D eigenvalue weighted by atomic mass is 10.1. The molecule has 1 aliphatic heterocycles. The van der Waals surface area contributed by atoms with Crippen LogP contribution >= 0.6 is 0 Å². The third-order valence-corrected chi connectivity index (χ3v) is 3.11. The molecule has 0 aromatic heterocycles. The van der Waals surface area contributed by atoms with Crippen LogP contribution in [0.25, 0.3) is 0 Å². The maximum atomic E-state index is 11.9. The average molecular weight is 243 g/mol. The number of likely N-dealkylation sites (tertiary alicyclic amines) is 1. The van der Waals surface area contributed by atoms with Gasteiger partial charge in [-0.3, -0.25) is 9.69 Å². The Hall–Kier alpha value is -0.610. The Balaban J connectivity index is 2.43. The summed E-state index contributed by atoms with van der Waals surface area (Å²) in [6.45, 7) is 9.41. The van der Waals surface area contributed by atoms with Gasteiger partial charge in [0.1, 0.15) is 11.6 Å². The van der Waals surface area contributed by atoms with E-state index in [1.807, 2.05) is 27.7 Å². The third-order valence-electron chi connectivity index (χ3n) is 3.11. The van der Waals surface area contributed by atoms with E-state index < -0.39 is 5.60 Å². The van der Waals surface area contributed by atoms with Crippen LogP contribution in [0.4, 0.5) is 0 Å². The van der Waals surface area contributed by atoms with Gasteiger partial charge in [-0.1, -0.05) is 0 Å². The molecule has 0 saturated carbocycles. The van der Waals surface area contributed by atoms with Crippen LogP contribution in [0.5, 0.6) is 0 Å². The molecule has 17 heavy (non-hydrogen) atoms. The van der Waals surface area contributed by atoms with E-state index in [2.05, 4.69) is 4.90 Å². The Labute approximate surface area is 104 Å². The Morgan fingerprint density at radius 2 is 1.82 bits per heavy atom. The first-order valence-corrected chi connectivity index (χ1v) is 6.33. The van der Waals surface area contributed by atoms with Gasteiger partial charge in [0.25, 0.3) is 0 Å². The molecule has 1 atom stereocenters. The fraction of sp³-hybridized carbons (Fsp3) is 0.923. The summed E-state index contributed by atoms with van der Waals surface area (Å²) >= 11 is 0. The molecule has 0 spiro atoms. The zero-order valence-electron chi connectivity index (χ0n) is 11.7. The maximum absolute atomic E-state index is 11.9. The first kappa shape index (κ1) is 14.5. The van der Waals surface area contributed by atoms with Crippen LogP contribution in [-0.2, 0) is 14.3 Å². The molecule has 0 N–H and O–H groups in total. The Morgan fingerprint density at radius 1 is 1.29 bits per heavy atom. The molecule has 0 amide bonds. The summed E-state index contributed by atoms with van der Waals surface area (Å²) in [5, 5.41) is 0. The molecule has 1 aliphatic rings. The van der Waals surface area contributed by atoms with E-state index in [1.165, 1.54) is 0 Å². The van der Waals surface area contributed by atoms with Crippen LogP contribution in [-0.4, -0.2) is 48.8 Å². The van der Waals surface area contributed by atoms with Gasteiger partial charge in [-0.2, -0.15) is 0 Å². The fourth-order valence-electron chi connectivity index (χ4n) is 2.03. The van der Waals surface area contributed by atoms with Crippen LogP contribution < -0.4 is 0 Å². The van der Waals surface area contributed by atoms with Gasteiger partial charge in [-0.25, -0.2) is 0 Å². The monoisotopic (exact) mass is 243 g/mol. The minimum atomic E-state index is -0.407. The number of carbonyl (C=O) groups is 1.